The molecule has 0 spiro atoms. The molecule has 0 aliphatic heterocycles. The van der Waals surface area contributed by atoms with Crippen molar-refractivity contribution in [2.24, 2.45) is 0 Å². The van der Waals surface area contributed by atoms with E-state index in [4.69, 9.17) is 4.74 Å². The fraction of sp³-hybridized carbons (Fsp3) is 0.250. The topological polar surface area (TPSA) is 72.0 Å². The zero-order valence-electron chi connectivity index (χ0n) is 14.9. The van der Waals surface area contributed by atoms with Gasteiger partial charge in [0.15, 0.2) is 11.6 Å². The van der Waals surface area contributed by atoms with Crippen LogP contribution in [-0.2, 0) is 0 Å². The number of unbranched alkanes of at least 4 members (excludes halogenated alkanes) is 2. The Bertz CT molecular complexity index is 810. The Hall–Kier alpha value is -3.15. The van der Waals surface area contributed by atoms with Crippen molar-refractivity contribution in [2.45, 2.75) is 26.2 Å². The highest BCUT2D eigenvalue weighted by molar-refractivity contribution is 5.64. The lowest BCUT2D eigenvalue weighted by Gasteiger charge is -2.12. The summed E-state index contributed by atoms with van der Waals surface area (Å²) in [6.45, 7) is 3.02. The van der Waals surface area contributed by atoms with Crippen LogP contribution in [0, 0.1) is 0 Å². The molecule has 3 rings (SSSR count). The summed E-state index contributed by atoms with van der Waals surface area (Å²) in [6.07, 6.45) is 5.05. The average molecular weight is 349 g/mol. The van der Waals surface area contributed by atoms with Crippen LogP contribution in [0.15, 0.2) is 60.8 Å². The third kappa shape index (κ3) is 5.17. The number of nitrogens with zero attached hydrogens (tertiary/aromatic N) is 3. The van der Waals surface area contributed by atoms with Crippen molar-refractivity contribution in [2.75, 3.05) is 17.2 Å². The molecule has 0 aliphatic rings. The van der Waals surface area contributed by atoms with Crippen molar-refractivity contribution in [3.05, 3.63) is 60.8 Å². The van der Waals surface area contributed by atoms with Gasteiger partial charge < -0.3 is 15.4 Å². The number of ether oxygens (including phenoxy) is 1. The maximum atomic E-state index is 5.96. The van der Waals surface area contributed by atoms with E-state index in [1.807, 2.05) is 54.6 Å². The maximum absolute atomic E-state index is 5.96. The molecule has 0 saturated heterocycles. The first kappa shape index (κ1) is 17.7. The number of hydrogen-bond donors (Lipinski definition) is 2. The van der Waals surface area contributed by atoms with E-state index < -0.39 is 0 Å². The van der Waals surface area contributed by atoms with E-state index >= 15 is 0 Å². The number of aromatic nitrogens is 3. The number of nitrogens with one attached hydrogen (secondary N) is 2. The summed E-state index contributed by atoms with van der Waals surface area (Å²) in [5.74, 6) is 2.63. The maximum Gasteiger partial charge on any atom is 0.244 e. The largest absolute Gasteiger partial charge is 0.455 e. The first-order valence-electron chi connectivity index (χ1n) is 8.87. The van der Waals surface area contributed by atoms with Crippen molar-refractivity contribution in [3.8, 4) is 11.5 Å². The lowest BCUT2D eigenvalue weighted by atomic mass is 10.2. The number of rotatable bonds is 9. The molecule has 0 unspecified atom stereocenters. The van der Waals surface area contributed by atoms with E-state index in [0.29, 0.717) is 11.8 Å². The Morgan fingerprint density at radius 3 is 2.62 bits per heavy atom. The summed E-state index contributed by atoms with van der Waals surface area (Å²) in [7, 11) is 0. The van der Waals surface area contributed by atoms with Crippen molar-refractivity contribution in [3.63, 3.8) is 0 Å². The van der Waals surface area contributed by atoms with Gasteiger partial charge >= 0.3 is 0 Å². The monoisotopic (exact) mass is 349 g/mol. The summed E-state index contributed by atoms with van der Waals surface area (Å²) in [6, 6.07) is 17.4. The van der Waals surface area contributed by atoms with Crippen LogP contribution in [-0.4, -0.2) is 21.7 Å². The fourth-order valence-electron chi connectivity index (χ4n) is 2.43. The summed E-state index contributed by atoms with van der Waals surface area (Å²) >= 11 is 0. The highest BCUT2D eigenvalue weighted by Crippen LogP contribution is 2.30. The van der Waals surface area contributed by atoms with Gasteiger partial charge in [-0.15, -0.1) is 5.10 Å². The average Bonchev–Trinajstić information content (AvgIpc) is 2.68. The van der Waals surface area contributed by atoms with Crippen molar-refractivity contribution in [1.29, 1.82) is 0 Å². The van der Waals surface area contributed by atoms with E-state index in [-0.39, 0.29) is 0 Å². The Balaban J connectivity index is 1.69. The van der Waals surface area contributed by atoms with E-state index in [9.17, 15) is 0 Å². The number of para-hydroxylation sites is 3. The second kappa shape index (κ2) is 9.36. The van der Waals surface area contributed by atoms with Gasteiger partial charge in [0.05, 0.1) is 11.9 Å². The molecule has 6 heteroatoms. The van der Waals surface area contributed by atoms with Crippen molar-refractivity contribution >= 4 is 17.5 Å². The van der Waals surface area contributed by atoms with Gasteiger partial charge in [-0.2, -0.15) is 10.1 Å². The van der Waals surface area contributed by atoms with E-state index in [1.165, 1.54) is 12.8 Å². The second-order valence-corrected chi connectivity index (χ2v) is 5.84. The normalized spacial score (nSPS) is 10.3. The molecule has 0 fully saturated rings. The zero-order valence-corrected chi connectivity index (χ0v) is 14.9. The van der Waals surface area contributed by atoms with Crippen molar-refractivity contribution < 1.29 is 4.74 Å². The first-order valence-corrected chi connectivity index (χ1v) is 8.87. The predicted octanol–water partition coefficient (Wildman–Crippen LogP) is 5.01. The molecule has 2 aromatic carbocycles. The van der Waals surface area contributed by atoms with E-state index in [1.54, 1.807) is 6.20 Å². The standard InChI is InChI=1S/C20H23N5O/c1-2-3-9-14-21-20-24-19(15-22-25-20)23-17-12-7-8-13-18(17)26-16-10-5-4-6-11-16/h4-8,10-13,15H,2-3,9,14H2,1H3,(H2,21,23,24,25). The fourth-order valence-corrected chi connectivity index (χ4v) is 2.43. The molecule has 2 N–H and O–H groups in total. The molecule has 1 heterocycles. The molecule has 0 atom stereocenters. The number of hydrogen-bond acceptors (Lipinski definition) is 6. The minimum atomic E-state index is 0.521. The van der Waals surface area contributed by atoms with Gasteiger partial charge in [-0.25, -0.2) is 0 Å². The minimum Gasteiger partial charge on any atom is -0.455 e. The van der Waals surface area contributed by atoms with Gasteiger partial charge in [-0.05, 0) is 30.7 Å². The van der Waals surface area contributed by atoms with Gasteiger partial charge in [0.1, 0.15) is 5.75 Å². The third-order valence-corrected chi connectivity index (χ3v) is 3.74. The Kier molecular flexibility index (Phi) is 6.36. The third-order valence-electron chi connectivity index (χ3n) is 3.74. The molecular weight excluding hydrogens is 326 g/mol. The highest BCUT2D eigenvalue weighted by Gasteiger charge is 2.07. The first-order chi connectivity index (χ1) is 12.8. The summed E-state index contributed by atoms with van der Waals surface area (Å²) in [5.41, 5.74) is 0.814. The molecule has 1 aromatic heterocycles. The van der Waals surface area contributed by atoms with Gasteiger partial charge in [0.2, 0.25) is 5.95 Å². The van der Waals surface area contributed by atoms with Crippen LogP contribution in [0.2, 0.25) is 0 Å². The predicted molar refractivity (Wildman–Crippen MR) is 104 cm³/mol. The molecule has 0 amide bonds. The van der Waals surface area contributed by atoms with Crippen LogP contribution in [0.3, 0.4) is 0 Å². The second-order valence-electron chi connectivity index (χ2n) is 5.84. The summed E-state index contributed by atoms with van der Waals surface area (Å²) in [5, 5.41) is 14.5. The number of benzene rings is 2. The van der Waals surface area contributed by atoms with E-state index in [2.05, 4.69) is 32.7 Å². The zero-order chi connectivity index (χ0) is 18.0. The molecule has 3 aromatic rings. The Labute approximate surface area is 153 Å². The van der Waals surface area contributed by atoms with Crippen LogP contribution < -0.4 is 15.4 Å². The Morgan fingerprint density at radius 1 is 0.962 bits per heavy atom. The van der Waals surface area contributed by atoms with E-state index in [0.717, 1.165) is 30.2 Å². The quantitative estimate of drug-likeness (QED) is 0.529. The van der Waals surface area contributed by atoms with Crippen LogP contribution in [0.4, 0.5) is 17.5 Å². The van der Waals surface area contributed by atoms with Crippen LogP contribution >= 0.6 is 0 Å². The molecule has 0 bridgehead atoms. The lowest BCUT2D eigenvalue weighted by Crippen LogP contribution is -2.07. The highest BCUT2D eigenvalue weighted by atomic mass is 16.5. The van der Waals surface area contributed by atoms with Crippen LogP contribution in [0.25, 0.3) is 0 Å². The van der Waals surface area contributed by atoms with Crippen molar-refractivity contribution in [1.82, 2.24) is 15.2 Å². The summed E-state index contributed by atoms with van der Waals surface area (Å²) in [4.78, 5) is 4.46. The minimum absolute atomic E-state index is 0.521. The van der Waals surface area contributed by atoms with Gasteiger partial charge in [0.25, 0.3) is 0 Å². The molecular formula is C20H23N5O. The van der Waals surface area contributed by atoms with Gasteiger partial charge in [-0.3, -0.25) is 0 Å². The number of anilines is 3. The molecule has 0 radical (unpaired) electrons. The van der Waals surface area contributed by atoms with Crippen LogP contribution in [0.1, 0.15) is 26.2 Å². The van der Waals surface area contributed by atoms with Crippen LogP contribution in [0.5, 0.6) is 11.5 Å². The molecule has 0 saturated carbocycles. The SMILES string of the molecule is CCCCCNc1nncc(Nc2ccccc2Oc2ccccc2)n1. The van der Waals surface area contributed by atoms with Gasteiger partial charge in [0, 0.05) is 6.54 Å². The molecule has 0 aliphatic carbocycles. The molecule has 134 valence electrons. The smallest absolute Gasteiger partial charge is 0.244 e. The Morgan fingerprint density at radius 2 is 1.77 bits per heavy atom. The lowest BCUT2D eigenvalue weighted by molar-refractivity contribution is 0.485. The van der Waals surface area contributed by atoms with Gasteiger partial charge in [-0.1, -0.05) is 50.1 Å². The summed E-state index contributed by atoms with van der Waals surface area (Å²) < 4.78 is 5.96. The molecule has 26 heavy (non-hydrogen) atoms. The molecule has 6 nitrogen and oxygen atoms in total.